The zero-order valence-electron chi connectivity index (χ0n) is 17.3. The van der Waals surface area contributed by atoms with Crippen molar-refractivity contribution in [2.24, 2.45) is 5.92 Å². The summed E-state index contributed by atoms with van der Waals surface area (Å²) in [6.07, 6.45) is 5.16. The second kappa shape index (κ2) is 7.25. The Bertz CT molecular complexity index is 1310. The molecule has 2 fully saturated rings. The number of carbonyl (C=O) groups excluding carboxylic acids is 1. The van der Waals surface area contributed by atoms with Crippen LogP contribution in [0.4, 0.5) is 0 Å². The fraction of sp³-hybridized carbons (Fsp3) is 0.250. The van der Waals surface area contributed by atoms with Crippen LogP contribution in [0.5, 0.6) is 0 Å². The van der Waals surface area contributed by atoms with Crippen LogP contribution in [0.2, 0.25) is 0 Å². The molecule has 0 aliphatic heterocycles. The molecule has 0 spiro atoms. The lowest BCUT2D eigenvalue weighted by Gasteiger charge is -2.36. The topological polar surface area (TPSA) is 26.3 Å². The molecule has 152 valence electrons. The summed E-state index contributed by atoms with van der Waals surface area (Å²) in [6, 6.07) is 25.3. The normalized spacial score (nSPS) is 17.0. The molecule has 2 aliphatic rings. The first-order valence-corrected chi connectivity index (χ1v) is 12.2. The summed E-state index contributed by atoms with van der Waals surface area (Å²) in [5.74, 6) is 6.84. The quantitative estimate of drug-likeness (QED) is 0.197. The number of benzene rings is 3. The third kappa shape index (κ3) is 3.32. The van der Waals surface area contributed by atoms with E-state index in [1.807, 2.05) is 12.1 Å². The minimum absolute atomic E-state index is 0.147. The van der Waals surface area contributed by atoms with Gasteiger partial charge < -0.3 is 4.74 Å². The smallest absolute Gasteiger partial charge is 0.339 e. The van der Waals surface area contributed by atoms with Crippen molar-refractivity contribution in [2.45, 2.75) is 37.7 Å². The van der Waals surface area contributed by atoms with E-state index in [2.05, 4.69) is 72.5 Å². The van der Waals surface area contributed by atoms with Crippen LogP contribution in [0.1, 0.15) is 42.5 Å². The molecule has 3 aromatic carbocycles. The van der Waals surface area contributed by atoms with Crippen LogP contribution in [0.25, 0.3) is 25.1 Å². The summed E-state index contributed by atoms with van der Waals surface area (Å²) >= 11 is 0. The number of thiophene rings is 1. The van der Waals surface area contributed by atoms with E-state index in [-0.39, 0.29) is 16.4 Å². The number of hydrogen-bond donors (Lipinski definition) is 0. The highest BCUT2D eigenvalue weighted by Crippen LogP contribution is 2.48. The van der Waals surface area contributed by atoms with Gasteiger partial charge in [0.05, 0.1) is 5.56 Å². The molecule has 6 rings (SSSR count). The van der Waals surface area contributed by atoms with Gasteiger partial charge in [0.1, 0.15) is 0 Å². The molecule has 0 N–H and O–H groups in total. The van der Waals surface area contributed by atoms with E-state index in [1.165, 1.54) is 37.9 Å². The Kier molecular flexibility index (Phi) is 4.37. The molecule has 0 unspecified atom stereocenters. The van der Waals surface area contributed by atoms with Crippen LogP contribution in [0.3, 0.4) is 0 Å². The Morgan fingerprint density at radius 1 is 0.871 bits per heavy atom. The largest absolute Gasteiger partial charge is 0.442 e. The predicted octanol–water partition coefficient (Wildman–Crippen LogP) is 7.22. The summed E-state index contributed by atoms with van der Waals surface area (Å²) in [6.45, 7) is 0. The number of carbonyl (C=O) groups is 1. The van der Waals surface area contributed by atoms with Gasteiger partial charge in [-0.15, -0.1) is 0 Å². The Morgan fingerprint density at radius 3 is 2.03 bits per heavy atom. The molecule has 0 amide bonds. The van der Waals surface area contributed by atoms with Crippen LogP contribution >= 0.6 is 10.5 Å². The van der Waals surface area contributed by atoms with Crippen molar-refractivity contribution in [3.8, 4) is 16.7 Å². The number of rotatable bonds is 3. The lowest BCUT2D eigenvalue weighted by molar-refractivity contribution is -0.0259. The van der Waals surface area contributed by atoms with Gasteiger partial charge in [-0.05, 0) is 80.6 Å². The molecule has 2 nitrogen and oxygen atoms in total. The van der Waals surface area contributed by atoms with Crippen molar-refractivity contribution in [3.63, 3.8) is 0 Å². The van der Waals surface area contributed by atoms with E-state index in [0.717, 1.165) is 19.3 Å². The number of ether oxygens (including phenoxy) is 1. The number of hydrogen-bond acceptors (Lipinski definition) is 2. The van der Waals surface area contributed by atoms with Gasteiger partial charge in [0, 0.05) is 27.2 Å². The molecule has 31 heavy (non-hydrogen) atoms. The molecular formula is C28H23O2S+. The van der Waals surface area contributed by atoms with E-state index in [1.54, 1.807) is 0 Å². The Labute approximate surface area is 184 Å². The Hall–Kier alpha value is -3.09. The van der Waals surface area contributed by atoms with E-state index in [4.69, 9.17) is 4.74 Å². The maximum absolute atomic E-state index is 12.9. The summed E-state index contributed by atoms with van der Waals surface area (Å²) in [4.78, 5) is 14.1. The second-order valence-electron chi connectivity index (χ2n) is 8.60. The highest BCUT2D eigenvalue weighted by Gasteiger charge is 2.40. The van der Waals surface area contributed by atoms with Gasteiger partial charge in [0.2, 0.25) is 0 Å². The lowest BCUT2D eigenvalue weighted by Crippen LogP contribution is -2.40. The molecule has 1 heterocycles. The highest BCUT2D eigenvalue weighted by atomic mass is 32.2. The van der Waals surface area contributed by atoms with Gasteiger partial charge in [0.25, 0.3) is 0 Å². The number of fused-ring (bicyclic) bond motifs is 3. The van der Waals surface area contributed by atoms with E-state index in [9.17, 15) is 4.79 Å². The molecule has 0 radical (unpaired) electrons. The van der Waals surface area contributed by atoms with Crippen molar-refractivity contribution in [2.75, 3.05) is 0 Å². The zero-order valence-corrected chi connectivity index (χ0v) is 18.1. The zero-order chi connectivity index (χ0) is 20.8. The molecule has 2 aliphatic carbocycles. The standard InChI is InChI=1S/C28H23O2S/c29-27(30-28(17-5-18-28)19-16-20-10-11-20)21-12-14-22(15-13-21)31-25-8-3-1-6-23(25)24-7-2-4-9-26(24)31/h1-4,6-9,12-15,20H,5,10-11,17-18H2/q+1. The summed E-state index contributed by atoms with van der Waals surface area (Å²) in [7, 11) is -0.147. The number of esters is 1. The Balaban J connectivity index is 1.32. The minimum atomic E-state index is -0.552. The van der Waals surface area contributed by atoms with Crippen molar-refractivity contribution >= 4 is 36.6 Å². The van der Waals surface area contributed by atoms with E-state index >= 15 is 0 Å². The van der Waals surface area contributed by atoms with Crippen LogP contribution in [0.15, 0.2) is 72.8 Å². The van der Waals surface area contributed by atoms with Crippen LogP contribution in [-0.2, 0) is 4.74 Å². The fourth-order valence-corrected chi connectivity index (χ4v) is 6.66. The van der Waals surface area contributed by atoms with E-state index in [0.29, 0.717) is 11.5 Å². The first-order chi connectivity index (χ1) is 15.2. The van der Waals surface area contributed by atoms with Crippen LogP contribution < -0.4 is 0 Å². The molecule has 3 heteroatoms. The van der Waals surface area contributed by atoms with Gasteiger partial charge >= 0.3 is 5.97 Å². The fourth-order valence-electron chi connectivity index (χ4n) is 4.28. The molecule has 0 saturated heterocycles. The second-order valence-corrected chi connectivity index (χ2v) is 10.6. The monoisotopic (exact) mass is 423 g/mol. The molecule has 1 aromatic heterocycles. The molecule has 0 bridgehead atoms. The average molecular weight is 424 g/mol. The Morgan fingerprint density at radius 2 is 1.48 bits per heavy atom. The van der Waals surface area contributed by atoms with Crippen molar-refractivity contribution in [1.82, 2.24) is 0 Å². The van der Waals surface area contributed by atoms with Gasteiger partial charge in [-0.2, -0.15) is 0 Å². The first-order valence-electron chi connectivity index (χ1n) is 11.0. The maximum atomic E-state index is 12.9. The highest BCUT2D eigenvalue weighted by molar-refractivity contribution is 7.50. The third-order valence-corrected chi connectivity index (χ3v) is 8.70. The molecule has 0 atom stereocenters. The first kappa shape index (κ1) is 18.7. The lowest BCUT2D eigenvalue weighted by atomic mass is 9.80. The maximum Gasteiger partial charge on any atom is 0.339 e. The molecule has 2 saturated carbocycles. The summed E-state index contributed by atoms with van der Waals surface area (Å²) < 4.78 is 8.61. The predicted molar refractivity (Wildman–Crippen MR) is 128 cm³/mol. The molecule has 4 aromatic rings. The van der Waals surface area contributed by atoms with Gasteiger partial charge in [-0.3, -0.25) is 0 Å². The van der Waals surface area contributed by atoms with E-state index < -0.39 is 5.60 Å². The minimum Gasteiger partial charge on any atom is -0.442 e. The van der Waals surface area contributed by atoms with Gasteiger partial charge in [-0.1, -0.05) is 36.1 Å². The van der Waals surface area contributed by atoms with Crippen molar-refractivity contribution in [3.05, 3.63) is 78.4 Å². The van der Waals surface area contributed by atoms with Crippen molar-refractivity contribution < 1.29 is 9.53 Å². The SMILES string of the molecule is O=C(OC1(C#CC2CC2)CCC1)c1ccc(-[s+]2c3ccccc3c3ccccc32)cc1. The van der Waals surface area contributed by atoms with Crippen LogP contribution in [-0.4, -0.2) is 11.6 Å². The van der Waals surface area contributed by atoms with Gasteiger partial charge in [0.15, 0.2) is 19.9 Å². The van der Waals surface area contributed by atoms with Gasteiger partial charge in [-0.25, -0.2) is 4.79 Å². The molecular weight excluding hydrogens is 400 g/mol. The third-order valence-electron chi connectivity index (χ3n) is 6.36. The van der Waals surface area contributed by atoms with Crippen molar-refractivity contribution in [1.29, 1.82) is 0 Å². The summed E-state index contributed by atoms with van der Waals surface area (Å²) in [5.41, 5.74) is 0.0521. The summed E-state index contributed by atoms with van der Waals surface area (Å²) in [5, 5.41) is 2.62. The average Bonchev–Trinajstić information content (AvgIpc) is 3.56. The van der Waals surface area contributed by atoms with Crippen LogP contribution in [0, 0.1) is 17.8 Å².